The van der Waals surface area contributed by atoms with Crippen LogP contribution in [0.1, 0.15) is 6.42 Å². The first-order valence-corrected chi connectivity index (χ1v) is 6.35. The van der Waals surface area contributed by atoms with Crippen molar-refractivity contribution in [3.63, 3.8) is 0 Å². The van der Waals surface area contributed by atoms with Gasteiger partial charge >= 0.3 is 0 Å². The Morgan fingerprint density at radius 2 is 2.25 bits per heavy atom. The van der Waals surface area contributed by atoms with E-state index in [2.05, 4.69) is 10.1 Å². The zero-order valence-electron chi connectivity index (χ0n) is 9.25. The second-order valence-corrected chi connectivity index (χ2v) is 4.13. The van der Waals surface area contributed by atoms with Gasteiger partial charge in [-0.2, -0.15) is 11.8 Å². The fraction of sp³-hybridized carbons (Fsp3) is 0.889. The molecule has 0 aromatic heterocycles. The second kappa shape index (κ2) is 9.80. The SMILES string of the molecule is CSCC[C@@H](N)C(=O)NCCOCC(F)F. The molecule has 0 saturated carbocycles. The third-order valence-electron chi connectivity index (χ3n) is 1.76. The number of hydrogen-bond donors (Lipinski definition) is 2. The van der Waals surface area contributed by atoms with Gasteiger partial charge in [-0.3, -0.25) is 4.79 Å². The fourth-order valence-corrected chi connectivity index (χ4v) is 1.42. The molecule has 0 aliphatic carbocycles. The van der Waals surface area contributed by atoms with Crippen molar-refractivity contribution in [1.29, 1.82) is 0 Å². The van der Waals surface area contributed by atoms with Gasteiger partial charge in [0.05, 0.1) is 12.6 Å². The Hall–Kier alpha value is -0.400. The number of nitrogens with one attached hydrogen (secondary N) is 1. The standard InChI is InChI=1S/C9H18F2N2O2S/c1-16-5-2-7(12)9(14)13-3-4-15-6-8(10)11/h7-8H,2-6,12H2,1H3,(H,13,14)/t7-/m1/s1. The van der Waals surface area contributed by atoms with Gasteiger partial charge in [0.25, 0.3) is 6.43 Å². The number of nitrogens with two attached hydrogens (primary N) is 1. The van der Waals surface area contributed by atoms with E-state index < -0.39 is 19.1 Å². The fourth-order valence-electron chi connectivity index (χ4n) is 0.926. The molecule has 4 nitrogen and oxygen atoms in total. The van der Waals surface area contributed by atoms with Gasteiger partial charge in [-0.05, 0) is 18.4 Å². The van der Waals surface area contributed by atoms with Crippen molar-refractivity contribution >= 4 is 17.7 Å². The van der Waals surface area contributed by atoms with Crippen molar-refractivity contribution in [3.05, 3.63) is 0 Å². The minimum atomic E-state index is -2.47. The molecule has 0 aliphatic rings. The zero-order chi connectivity index (χ0) is 12.4. The molecule has 0 fully saturated rings. The molecule has 0 bridgehead atoms. The van der Waals surface area contributed by atoms with Gasteiger partial charge in [0.2, 0.25) is 5.91 Å². The van der Waals surface area contributed by atoms with Crippen molar-refractivity contribution in [1.82, 2.24) is 5.32 Å². The summed E-state index contributed by atoms with van der Waals surface area (Å²) in [5.41, 5.74) is 5.58. The Labute approximate surface area is 98.3 Å². The minimum Gasteiger partial charge on any atom is -0.374 e. The maximum atomic E-state index is 11.7. The molecule has 16 heavy (non-hydrogen) atoms. The monoisotopic (exact) mass is 256 g/mol. The molecule has 0 saturated heterocycles. The number of halogens is 2. The highest BCUT2D eigenvalue weighted by molar-refractivity contribution is 7.98. The molecule has 0 rings (SSSR count). The number of carbonyl (C=O) groups is 1. The summed E-state index contributed by atoms with van der Waals surface area (Å²) in [5.74, 6) is 0.547. The molecule has 0 radical (unpaired) electrons. The summed E-state index contributed by atoms with van der Waals surface area (Å²) in [6.45, 7) is -0.321. The predicted molar refractivity (Wildman–Crippen MR) is 60.8 cm³/mol. The number of ether oxygens (including phenoxy) is 1. The van der Waals surface area contributed by atoms with E-state index in [1.54, 1.807) is 11.8 Å². The lowest BCUT2D eigenvalue weighted by Gasteiger charge is -2.11. The van der Waals surface area contributed by atoms with Crippen LogP contribution in [0.5, 0.6) is 0 Å². The van der Waals surface area contributed by atoms with E-state index in [9.17, 15) is 13.6 Å². The van der Waals surface area contributed by atoms with Crippen LogP contribution in [0, 0.1) is 0 Å². The minimum absolute atomic E-state index is 0.0747. The maximum absolute atomic E-state index is 11.7. The van der Waals surface area contributed by atoms with Crippen molar-refractivity contribution in [2.75, 3.05) is 31.8 Å². The lowest BCUT2D eigenvalue weighted by Crippen LogP contribution is -2.42. The second-order valence-electron chi connectivity index (χ2n) is 3.14. The van der Waals surface area contributed by atoms with Gasteiger partial charge < -0.3 is 15.8 Å². The molecular formula is C9H18F2N2O2S. The van der Waals surface area contributed by atoms with Crippen LogP contribution in [0.2, 0.25) is 0 Å². The Morgan fingerprint density at radius 1 is 1.56 bits per heavy atom. The van der Waals surface area contributed by atoms with E-state index in [-0.39, 0.29) is 19.1 Å². The van der Waals surface area contributed by atoms with E-state index in [1.807, 2.05) is 6.26 Å². The molecule has 0 aliphatic heterocycles. The van der Waals surface area contributed by atoms with Crippen LogP contribution in [0.3, 0.4) is 0 Å². The molecule has 0 heterocycles. The predicted octanol–water partition coefficient (Wildman–Crippen LogP) is 0.465. The lowest BCUT2D eigenvalue weighted by molar-refractivity contribution is -0.122. The van der Waals surface area contributed by atoms with E-state index in [4.69, 9.17) is 5.73 Å². The smallest absolute Gasteiger partial charge is 0.261 e. The van der Waals surface area contributed by atoms with Crippen LogP contribution in [0.4, 0.5) is 8.78 Å². The van der Waals surface area contributed by atoms with Gasteiger partial charge in [-0.15, -0.1) is 0 Å². The van der Waals surface area contributed by atoms with Gasteiger partial charge in [0, 0.05) is 6.54 Å². The normalized spacial score (nSPS) is 12.8. The third kappa shape index (κ3) is 8.87. The highest BCUT2D eigenvalue weighted by atomic mass is 32.2. The van der Waals surface area contributed by atoms with E-state index in [1.165, 1.54) is 0 Å². The molecule has 0 unspecified atom stereocenters. The third-order valence-corrected chi connectivity index (χ3v) is 2.40. The summed E-state index contributed by atoms with van der Waals surface area (Å²) in [4.78, 5) is 11.3. The number of thioether (sulfide) groups is 1. The number of alkyl halides is 2. The van der Waals surface area contributed by atoms with Crippen molar-refractivity contribution < 1.29 is 18.3 Å². The first kappa shape index (κ1) is 15.6. The number of amides is 1. The molecule has 1 amide bonds. The number of carbonyl (C=O) groups excluding carboxylic acids is 1. The van der Waals surface area contributed by atoms with Gasteiger partial charge in [0.15, 0.2) is 0 Å². The Kier molecular flexibility index (Phi) is 9.55. The largest absolute Gasteiger partial charge is 0.374 e. The average molecular weight is 256 g/mol. The van der Waals surface area contributed by atoms with Gasteiger partial charge in [0.1, 0.15) is 6.61 Å². The zero-order valence-corrected chi connectivity index (χ0v) is 10.1. The first-order chi connectivity index (χ1) is 7.57. The van der Waals surface area contributed by atoms with Crippen LogP contribution in [0.15, 0.2) is 0 Å². The highest BCUT2D eigenvalue weighted by Crippen LogP contribution is 1.98. The molecule has 0 spiro atoms. The van der Waals surface area contributed by atoms with E-state index >= 15 is 0 Å². The number of hydrogen-bond acceptors (Lipinski definition) is 4. The van der Waals surface area contributed by atoms with Crippen LogP contribution in [0.25, 0.3) is 0 Å². The Morgan fingerprint density at radius 3 is 2.81 bits per heavy atom. The van der Waals surface area contributed by atoms with Gasteiger partial charge in [-0.1, -0.05) is 0 Å². The quantitative estimate of drug-likeness (QED) is 0.588. The van der Waals surface area contributed by atoms with Crippen LogP contribution >= 0.6 is 11.8 Å². The van der Waals surface area contributed by atoms with Crippen molar-refractivity contribution in [3.8, 4) is 0 Å². The highest BCUT2D eigenvalue weighted by Gasteiger charge is 2.11. The molecule has 0 aromatic carbocycles. The first-order valence-electron chi connectivity index (χ1n) is 4.96. The average Bonchev–Trinajstić information content (AvgIpc) is 2.24. The lowest BCUT2D eigenvalue weighted by atomic mass is 10.2. The van der Waals surface area contributed by atoms with Crippen molar-refractivity contribution in [2.45, 2.75) is 18.9 Å². The Bertz CT molecular complexity index is 196. The summed E-state index contributed by atoms with van der Waals surface area (Å²) in [7, 11) is 0. The molecule has 1 atom stereocenters. The van der Waals surface area contributed by atoms with Crippen LogP contribution in [-0.2, 0) is 9.53 Å². The topological polar surface area (TPSA) is 64.4 Å². The van der Waals surface area contributed by atoms with Gasteiger partial charge in [-0.25, -0.2) is 8.78 Å². The summed E-state index contributed by atoms with van der Waals surface area (Å²) in [5, 5.41) is 2.52. The summed E-state index contributed by atoms with van der Waals surface area (Å²) >= 11 is 1.61. The van der Waals surface area contributed by atoms with Crippen LogP contribution in [-0.4, -0.2) is 50.1 Å². The van der Waals surface area contributed by atoms with E-state index in [0.29, 0.717) is 6.42 Å². The molecule has 0 aromatic rings. The Balaban J connectivity index is 3.42. The maximum Gasteiger partial charge on any atom is 0.261 e. The molecular weight excluding hydrogens is 238 g/mol. The number of rotatable bonds is 9. The summed E-state index contributed by atoms with van der Waals surface area (Å²) < 4.78 is 27.9. The molecule has 96 valence electrons. The summed E-state index contributed by atoms with van der Waals surface area (Å²) in [6, 6.07) is -0.539. The molecule has 3 N–H and O–H groups in total. The summed E-state index contributed by atoms with van der Waals surface area (Å²) in [6.07, 6.45) is 0.0628. The van der Waals surface area contributed by atoms with Crippen LogP contribution < -0.4 is 11.1 Å². The van der Waals surface area contributed by atoms with E-state index in [0.717, 1.165) is 5.75 Å². The molecule has 7 heteroatoms. The van der Waals surface area contributed by atoms with Crippen molar-refractivity contribution in [2.24, 2.45) is 5.73 Å².